The van der Waals surface area contributed by atoms with Crippen LogP contribution in [0.2, 0.25) is 0 Å². The van der Waals surface area contributed by atoms with Gasteiger partial charge in [0.1, 0.15) is 0 Å². The van der Waals surface area contributed by atoms with Crippen molar-refractivity contribution in [3.05, 3.63) is 65.2 Å². The van der Waals surface area contributed by atoms with Crippen LogP contribution in [0.1, 0.15) is 21.5 Å². The van der Waals surface area contributed by atoms with Gasteiger partial charge in [-0.2, -0.15) is 0 Å². The fourth-order valence-electron chi connectivity index (χ4n) is 1.87. The standard InChI is InChI=1S/C17H18N2O2S/c1-12-5-7-15(8-6-12)22-11-16(20)19-10-13-3-2-4-14(9-13)17(18)21/h2-9H,10-11H2,1H3,(H2,18,21)(H,19,20). The highest BCUT2D eigenvalue weighted by Gasteiger charge is 2.05. The second-order valence-corrected chi connectivity index (χ2v) is 5.99. The Labute approximate surface area is 134 Å². The third kappa shape index (κ3) is 4.93. The van der Waals surface area contributed by atoms with E-state index in [9.17, 15) is 9.59 Å². The minimum absolute atomic E-state index is 0.0462. The molecule has 4 nitrogen and oxygen atoms in total. The van der Waals surface area contributed by atoms with Gasteiger partial charge in [0.2, 0.25) is 11.8 Å². The van der Waals surface area contributed by atoms with Gasteiger partial charge in [0.25, 0.3) is 0 Å². The number of carbonyl (C=O) groups is 2. The van der Waals surface area contributed by atoms with E-state index in [1.807, 2.05) is 37.3 Å². The van der Waals surface area contributed by atoms with Crippen LogP contribution in [0.5, 0.6) is 0 Å². The van der Waals surface area contributed by atoms with E-state index in [4.69, 9.17) is 5.73 Å². The highest BCUT2D eigenvalue weighted by molar-refractivity contribution is 8.00. The van der Waals surface area contributed by atoms with E-state index in [1.54, 1.807) is 18.2 Å². The van der Waals surface area contributed by atoms with Gasteiger partial charge in [0.15, 0.2) is 0 Å². The first-order valence-electron chi connectivity index (χ1n) is 6.89. The van der Waals surface area contributed by atoms with E-state index in [0.717, 1.165) is 10.5 Å². The van der Waals surface area contributed by atoms with E-state index in [0.29, 0.717) is 17.9 Å². The van der Waals surface area contributed by atoms with E-state index in [-0.39, 0.29) is 5.91 Å². The van der Waals surface area contributed by atoms with Crippen LogP contribution >= 0.6 is 11.8 Å². The lowest BCUT2D eigenvalue weighted by molar-refractivity contribution is -0.118. The summed E-state index contributed by atoms with van der Waals surface area (Å²) in [7, 11) is 0. The van der Waals surface area contributed by atoms with Crippen molar-refractivity contribution in [2.24, 2.45) is 5.73 Å². The molecule has 0 aromatic heterocycles. The molecule has 114 valence electrons. The fraction of sp³-hybridized carbons (Fsp3) is 0.176. The zero-order chi connectivity index (χ0) is 15.9. The maximum absolute atomic E-state index is 11.9. The number of nitrogens with one attached hydrogen (secondary N) is 1. The number of thioether (sulfide) groups is 1. The summed E-state index contributed by atoms with van der Waals surface area (Å²) in [5, 5.41) is 2.83. The second kappa shape index (κ2) is 7.66. The van der Waals surface area contributed by atoms with Crippen LogP contribution in [-0.2, 0) is 11.3 Å². The smallest absolute Gasteiger partial charge is 0.248 e. The molecule has 0 unspecified atom stereocenters. The van der Waals surface area contributed by atoms with Gasteiger partial charge in [0, 0.05) is 17.0 Å². The molecule has 0 fully saturated rings. The van der Waals surface area contributed by atoms with Crippen LogP contribution in [0.3, 0.4) is 0 Å². The number of primary amides is 1. The van der Waals surface area contributed by atoms with Gasteiger partial charge in [-0.15, -0.1) is 11.8 Å². The second-order valence-electron chi connectivity index (χ2n) is 4.94. The van der Waals surface area contributed by atoms with Crippen LogP contribution in [-0.4, -0.2) is 17.6 Å². The lowest BCUT2D eigenvalue weighted by Crippen LogP contribution is -2.24. The van der Waals surface area contributed by atoms with Gasteiger partial charge in [-0.3, -0.25) is 9.59 Å². The predicted molar refractivity (Wildman–Crippen MR) is 88.7 cm³/mol. The summed E-state index contributed by atoms with van der Waals surface area (Å²) in [6.07, 6.45) is 0. The van der Waals surface area contributed by atoms with E-state index in [2.05, 4.69) is 5.32 Å². The number of amides is 2. The number of hydrogen-bond acceptors (Lipinski definition) is 3. The number of aryl methyl sites for hydroxylation is 1. The predicted octanol–water partition coefficient (Wildman–Crippen LogP) is 2.50. The molecule has 5 heteroatoms. The van der Waals surface area contributed by atoms with Gasteiger partial charge >= 0.3 is 0 Å². The van der Waals surface area contributed by atoms with Crippen molar-refractivity contribution in [3.8, 4) is 0 Å². The normalized spacial score (nSPS) is 10.2. The number of hydrogen-bond donors (Lipinski definition) is 2. The molecule has 0 aliphatic heterocycles. The molecule has 0 saturated heterocycles. The Morgan fingerprint density at radius 2 is 1.86 bits per heavy atom. The molecular formula is C17H18N2O2S. The van der Waals surface area contributed by atoms with Crippen LogP contribution in [0.4, 0.5) is 0 Å². The first-order chi connectivity index (χ1) is 10.5. The van der Waals surface area contributed by atoms with Crippen molar-refractivity contribution in [2.75, 3.05) is 5.75 Å². The van der Waals surface area contributed by atoms with Crippen molar-refractivity contribution in [2.45, 2.75) is 18.4 Å². The Morgan fingerprint density at radius 1 is 1.14 bits per heavy atom. The first kappa shape index (κ1) is 16.1. The summed E-state index contributed by atoms with van der Waals surface area (Å²) >= 11 is 1.49. The number of rotatable bonds is 6. The molecule has 3 N–H and O–H groups in total. The van der Waals surface area contributed by atoms with Crippen LogP contribution in [0, 0.1) is 6.92 Å². The largest absolute Gasteiger partial charge is 0.366 e. The Balaban J connectivity index is 1.81. The molecule has 0 spiro atoms. The fourth-order valence-corrected chi connectivity index (χ4v) is 2.60. The van der Waals surface area contributed by atoms with E-state index in [1.165, 1.54) is 17.3 Å². The minimum atomic E-state index is -0.469. The molecule has 0 heterocycles. The third-order valence-corrected chi connectivity index (χ3v) is 4.10. The van der Waals surface area contributed by atoms with Crippen LogP contribution < -0.4 is 11.1 Å². The van der Waals surface area contributed by atoms with Gasteiger partial charge in [-0.05, 0) is 36.8 Å². The monoisotopic (exact) mass is 314 g/mol. The molecule has 2 amide bonds. The SMILES string of the molecule is Cc1ccc(SCC(=O)NCc2cccc(C(N)=O)c2)cc1. The highest BCUT2D eigenvalue weighted by atomic mass is 32.2. The quantitative estimate of drug-likeness (QED) is 0.805. The maximum atomic E-state index is 11.9. The average molecular weight is 314 g/mol. The Hall–Kier alpha value is -2.27. The molecule has 2 rings (SSSR count). The van der Waals surface area contributed by atoms with Gasteiger partial charge in [-0.1, -0.05) is 29.8 Å². The minimum Gasteiger partial charge on any atom is -0.366 e. The zero-order valence-electron chi connectivity index (χ0n) is 12.3. The Bertz CT molecular complexity index is 669. The van der Waals surface area contributed by atoms with Gasteiger partial charge < -0.3 is 11.1 Å². The summed E-state index contributed by atoms with van der Waals surface area (Å²) < 4.78 is 0. The molecule has 0 aliphatic carbocycles. The average Bonchev–Trinajstić information content (AvgIpc) is 2.52. The Morgan fingerprint density at radius 3 is 2.55 bits per heavy atom. The number of benzene rings is 2. The van der Waals surface area contributed by atoms with E-state index >= 15 is 0 Å². The zero-order valence-corrected chi connectivity index (χ0v) is 13.2. The lowest BCUT2D eigenvalue weighted by atomic mass is 10.1. The van der Waals surface area contributed by atoms with Crippen molar-refractivity contribution in [1.82, 2.24) is 5.32 Å². The summed E-state index contributed by atoms with van der Waals surface area (Å²) in [4.78, 5) is 24.0. The molecular weight excluding hydrogens is 296 g/mol. The summed E-state index contributed by atoms with van der Waals surface area (Å²) in [5.74, 6) is -0.156. The van der Waals surface area contributed by atoms with E-state index < -0.39 is 5.91 Å². The molecule has 0 bridgehead atoms. The number of nitrogens with two attached hydrogens (primary N) is 1. The van der Waals surface area contributed by atoms with Crippen LogP contribution in [0.15, 0.2) is 53.4 Å². The molecule has 0 aliphatic rings. The molecule has 2 aromatic rings. The van der Waals surface area contributed by atoms with Crippen molar-refractivity contribution < 1.29 is 9.59 Å². The molecule has 0 radical (unpaired) electrons. The first-order valence-corrected chi connectivity index (χ1v) is 7.88. The van der Waals surface area contributed by atoms with Gasteiger partial charge in [0.05, 0.1) is 5.75 Å². The number of carbonyl (C=O) groups excluding carboxylic acids is 2. The lowest BCUT2D eigenvalue weighted by Gasteiger charge is -2.06. The summed E-state index contributed by atoms with van der Waals surface area (Å²) in [6.45, 7) is 2.41. The maximum Gasteiger partial charge on any atom is 0.248 e. The van der Waals surface area contributed by atoms with Gasteiger partial charge in [-0.25, -0.2) is 0 Å². The molecule has 2 aromatic carbocycles. The summed E-state index contributed by atoms with van der Waals surface area (Å²) in [5.41, 5.74) is 7.73. The Kier molecular flexibility index (Phi) is 5.61. The topological polar surface area (TPSA) is 72.2 Å². The van der Waals surface area contributed by atoms with Crippen LogP contribution in [0.25, 0.3) is 0 Å². The summed E-state index contributed by atoms with van der Waals surface area (Å²) in [6, 6.07) is 15.0. The molecule has 22 heavy (non-hydrogen) atoms. The van der Waals surface area contributed by atoms with Crippen molar-refractivity contribution >= 4 is 23.6 Å². The third-order valence-electron chi connectivity index (χ3n) is 3.09. The highest BCUT2D eigenvalue weighted by Crippen LogP contribution is 2.17. The van der Waals surface area contributed by atoms with Crippen molar-refractivity contribution in [3.63, 3.8) is 0 Å². The molecule has 0 saturated carbocycles. The molecule has 0 atom stereocenters. The van der Waals surface area contributed by atoms with Crippen molar-refractivity contribution in [1.29, 1.82) is 0 Å².